The summed E-state index contributed by atoms with van der Waals surface area (Å²) in [4.78, 5) is 16.5. The van der Waals surface area contributed by atoms with E-state index in [1.54, 1.807) is 19.3 Å². The van der Waals surface area contributed by atoms with Crippen LogP contribution in [0.1, 0.15) is 0 Å². The zero-order valence-corrected chi connectivity index (χ0v) is 21.3. The Balaban J connectivity index is 1.69. The molecule has 2 heterocycles. The Morgan fingerprint density at radius 2 is 1.84 bits per heavy atom. The maximum Gasteiger partial charge on any atom is 0.422 e. The van der Waals surface area contributed by atoms with Crippen molar-refractivity contribution < 1.29 is 22.3 Å². The Morgan fingerprint density at radius 3 is 2.55 bits per heavy atom. The van der Waals surface area contributed by atoms with Crippen molar-refractivity contribution in [3.8, 4) is 17.1 Å². The molecule has 0 aliphatic carbocycles. The molecule has 4 rings (SSSR count). The lowest BCUT2D eigenvalue weighted by atomic mass is 10.1. The van der Waals surface area contributed by atoms with Crippen LogP contribution in [0, 0.1) is 5.82 Å². The molecule has 0 saturated carbocycles. The molecule has 0 amide bonds. The summed E-state index contributed by atoms with van der Waals surface area (Å²) in [5.41, 5.74) is 8.61. The summed E-state index contributed by atoms with van der Waals surface area (Å²) < 4.78 is 59.9. The number of rotatable bonds is 9. The molecule has 0 radical (unpaired) electrons. The minimum atomic E-state index is -4.54. The van der Waals surface area contributed by atoms with Crippen LogP contribution in [0.25, 0.3) is 22.3 Å². The van der Waals surface area contributed by atoms with Crippen LogP contribution < -0.4 is 20.7 Å². The summed E-state index contributed by atoms with van der Waals surface area (Å²) in [5.74, 6) is -0.176. The second-order valence-electron chi connectivity index (χ2n) is 9.11. The fraction of sp³-hybridized carbons (Fsp3) is 0.320. The number of alkyl halides is 3. The van der Waals surface area contributed by atoms with Gasteiger partial charge in [0.15, 0.2) is 12.4 Å². The van der Waals surface area contributed by atoms with Gasteiger partial charge in [-0.05, 0) is 38.4 Å². The van der Waals surface area contributed by atoms with E-state index in [1.165, 1.54) is 30.6 Å². The standard InChI is InChI=1S/C25H28F4N8O/c1-35(2)7-8-36(3)21-11-22(38-13-25(27,28)29)19(10-18(21)30)33-24-32-14-31-23(34-24)17-12-37(4)20-6-5-15(26)9-16(17)20/h5-6,9-12,14H,7-8,13,30H2,1-4H3,(H,31,32,33,34). The third-order valence-electron chi connectivity index (χ3n) is 5.82. The van der Waals surface area contributed by atoms with E-state index >= 15 is 0 Å². The first-order valence-corrected chi connectivity index (χ1v) is 11.6. The van der Waals surface area contributed by atoms with Crippen LogP contribution >= 0.6 is 0 Å². The molecule has 0 saturated heterocycles. The zero-order valence-electron chi connectivity index (χ0n) is 21.3. The fourth-order valence-corrected chi connectivity index (χ4v) is 3.91. The highest BCUT2D eigenvalue weighted by molar-refractivity contribution is 5.94. The zero-order chi connectivity index (χ0) is 27.6. The van der Waals surface area contributed by atoms with Gasteiger partial charge in [-0.15, -0.1) is 0 Å². The van der Waals surface area contributed by atoms with Gasteiger partial charge in [-0.2, -0.15) is 18.2 Å². The number of benzene rings is 2. The van der Waals surface area contributed by atoms with Gasteiger partial charge < -0.3 is 30.2 Å². The number of nitrogen functional groups attached to an aromatic ring is 1. The number of anilines is 4. The fourth-order valence-electron chi connectivity index (χ4n) is 3.91. The first-order chi connectivity index (χ1) is 17.9. The third-order valence-corrected chi connectivity index (χ3v) is 5.82. The Hall–Kier alpha value is -4.13. The van der Waals surface area contributed by atoms with Crippen LogP contribution in [-0.2, 0) is 7.05 Å². The first-order valence-electron chi connectivity index (χ1n) is 11.6. The van der Waals surface area contributed by atoms with Gasteiger partial charge in [0.1, 0.15) is 17.9 Å². The molecule has 9 nitrogen and oxygen atoms in total. The number of nitrogens with one attached hydrogen (secondary N) is 1. The number of ether oxygens (including phenoxy) is 1. The Labute approximate surface area is 216 Å². The maximum absolute atomic E-state index is 13.9. The number of aryl methyl sites for hydroxylation is 1. The van der Waals surface area contributed by atoms with Crippen molar-refractivity contribution in [3.05, 3.63) is 48.7 Å². The number of nitrogens with zero attached hydrogens (tertiary/aromatic N) is 6. The SMILES string of the molecule is CN(C)CCN(C)c1cc(OCC(F)(F)F)c(Nc2ncnc(-c3cn(C)c4ccc(F)cc34)n2)cc1N. The number of aromatic nitrogens is 4. The van der Waals surface area contributed by atoms with Crippen molar-refractivity contribution in [1.82, 2.24) is 24.4 Å². The predicted molar refractivity (Wildman–Crippen MR) is 139 cm³/mol. The van der Waals surface area contributed by atoms with Crippen LogP contribution in [0.15, 0.2) is 42.9 Å². The van der Waals surface area contributed by atoms with E-state index in [2.05, 4.69) is 20.3 Å². The number of hydrogen-bond donors (Lipinski definition) is 2. The molecule has 2 aromatic heterocycles. The van der Waals surface area contributed by atoms with E-state index < -0.39 is 18.6 Å². The van der Waals surface area contributed by atoms with E-state index in [4.69, 9.17) is 10.5 Å². The normalized spacial score (nSPS) is 11.8. The molecule has 13 heteroatoms. The van der Waals surface area contributed by atoms with E-state index in [1.807, 2.05) is 35.5 Å². The molecule has 0 fully saturated rings. The summed E-state index contributed by atoms with van der Waals surface area (Å²) in [6.45, 7) is -0.192. The number of nitrogens with two attached hydrogens (primary N) is 1. The molecule has 3 N–H and O–H groups in total. The smallest absolute Gasteiger partial charge is 0.422 e. The molecule has 2 aromatic carbocycles. The van der Waals surface area contributed by atoms with Crippen molar-refractivity contribution in [2.24, 2.45) is 7.05 Å². The monoisotopic (exact) mass is 532 g/mol. The second kappa shape index (κ2) is 10.7. The summed E-state index contributed by atoms with van der Waals surface area (Å²) >= 11 is 0. The van der Waals surface area contributed by atoms with Crippen LogP contribution in [0.2, 0.25) is 0 Å². The molecule has 202 valence electrons. The predicted octanol–water partition coefficient (Wildman–Crippen LogP) is 4.43. The van der Waals surface area contributed by atoms with Gasteiger partial charge in [-0.25, -0.2) is 14.4 Å². The van der Waals surface area contributed by atoms with Crippen LogP contribution in [0.5, 0.6) is 5.75 Å². The highest BCUT2D eigenvalue weighted by Gasteiger charge is 2.29. The lowest BCUT2D eigenvalue weighted by Gasteiger charge is -2.25. The number of likely N-dealkylation sites (N-methyl/N-ethyl adjacent to an activating group) is 2. The lowest BCUT2D eigenvalue weighted by Crippen LogP contribution is -2.29. The maximum atomic E-state index is 13.9. The largest absolute Gasteiger partial charge is 0.482 e. The van der Waals surface area contributed by atoms with Gasteiger partial charge >= 0.3 is 6.18 Å². The average molecular weight is 533 g/mol. The molecule has 38 heavy (non-hydrogen) atoms. The number of hydrogen-bond acceptors (Lipinski definition) is 8. The third kappa shape index (κ3) is 6.22. The van der Waals surface area contributed by atoms with E-state index in [0.717, 1.165) is 5.52 Å². The Morgan fingerprint density at radius 1 is 1.08 bits per heavy atom. The molecule has 0 atom stereocenters. The quantitative estimate of drug-likeness (QED) is 0.241. The molecule has 0 aliphatic heterocycles. The van der Waals surface area contributed by atoms with Crippen LogP contribution in [0.3, 0.4) is 0 Å². The van der Waals surface area contributed by atoms with E-state index in [-0.39, 0.29) is 23.2 Å². The molecule has 0 bridgehead atoms. The van der Waals surface area contributed by atoms with Crippen molar-refractivity contribution in [1.29, 1.82) is 0 Å². The highest BCUT2D eigenvalue weighted by atomic mass is 19.4. The molecular formula is C25H28F4N8O. The van der Waals surface area contributed by atoms with Crippen molar-refractivity contribution in [2.75, 3.05) is 56.8 Å². The summed E-state index contributed by atoms with van der Waals surface area (Å²) in [7, 11) is 7.44. The van der Waals surface area contributed by atoms with Crippen molar-refractivity contribution in [3.63, 3.8) is 0 Å². The van der Waals surface area contributed by atoms with Crippen molar-refractivity contribution in [2.45, 2.75) is 6.18 Å². The number of halogens is 4. The van der Waals surface area contributed by atoms with Gasteiger partial charge in [0, 0.05) is 55.9 Å². The molecule has 0 unspecified atom stereocenters. The molecule has 4 aromatic rings. The average Bonchev–Trinajstić information content (AvgIpc) is 3.17. The second-order valence-corrected chi connectivity index (χ2v) is 9.11. The topological polar surface area (TPSA) is 97.4 Å². The van der Waals surface area contributed by atoms with Crippen molar-refractivity contribution >= 4 is 33.9 Å². The lowest BCUT2D eigenvalue weighted by molar-refractivity contribution is -0.153. The van der Waals surface area contributed by atoms with Crippen LogP contribution in [-0.4, -0.2) is 71.4 Å². The number of fused-ring (bicyclic) bond motifs is 1. The molecule has 0 spiro atoms. The van der Waals surface area contributed by atoms with Gasteiger partial charge in [0.25, 0.3) is 0 Å². The molecular weight excluding hydrogens is 504 g/mol. The van der Waals surface area contributed by atoms with Crippen LogP contribution in [0.4, 0.5) is 40.6 Å². The summed E-state index contributed by atoms with van der Waals surface area (Å²) in [6, 6.07) is 7.33. The van der Waals surface area contributed by atoms with E-state index in [0.29, 0.717) is 35.4 Å². The van der Waals surface area contributed by atoms with Gasteiger partial charge in [-0.3, -0.25) is 0 Å². The Kier molecular flexibility index (Phi) is 7.58. The highest BCUT2D eigenvalue weighted by Crippen LogP contribution is 2.37. The van der Waals surface area contributed by atoms with Gasteiger partial charge in [-0.1, -0.05) is 0 Å². The summed E-state index contributed by atoms with van der Waals surface area (Å²) in [6.07, 6.45) is -1.52. The van der Waals surface area contributed by atoms with Gasteiger partial charge in [0.2, 0.25) is 5.95 Å². The minimum Gasteiger partial charge on any atom is -0.482 e. The minimum absolute atomic E-state index is 0.0494. The van der Waals surface area contributed by atoms with Gasteiger partial charge in [0.05, 0.1) is 17.1 Å². The van der Waals surface area contributed by atoms with E-state index in [9.17, 15) is 17.6 Å². The summed E-state index contributed by atoms with van der Waals surface area (Å²) in [5, 5.41) is 3.51. The Bertz CT molecular complexity index is 1440. The molecule has 0 aliphatic rings. The first kappa shape index (κ1) is 26.9.